The molecule has 12 nitrogen and oxygen atoms in total. The minimum absolute atomic E-state index is 0.0416. The number of rotatable bonds is 14. The van der Waals surface area contributed by atoms with Gasteiger partial charge in [-0.15, -0.1) is 0 Å². The molecule has 1 aliphatic heterocycles. The van der Waals surface area contributed by atoms with Crippen molar-refractivity contribution in [1.29, 1.82) is 0 Å². The zero-order valence-corrected chi connectivity index (χ0v) is 21.3. The second-order valence-electron chi connectivity index (χ2n) is 9.36. The Morgan fingerprint density at radius 1 is 1.19 bits per heavy atom. The molecule has 2 amide bonds. The van der Waals surface area contributed by atoms with Gasteiger partial charge in [-0.3, -0.25) is 9.59 Å². The van der Waals surface area contributed by atoms with E-state index in [2.05, 4.69) is 10.6 Å². The fourth-order valence-electron chi connectivity index (χ4n) is 3.38. The number of ether oxygens (including phenoxy) is 3. The van der Waals surface area contributed by atoms with E-state index in [1.807, 2.05) is 6.92 Å². The summed E-state index contributed by atoms with van der Waals surface area (Å²) in [7, 11) is 1.13. The molecular weight excluding hydrogens is 476 g/mol. The Balaban J connectivity index is 2.67. The average molecular weight is 517 g/mol. The van der Waals surface area contributed by atoms with Gasteiger partial charge in [0.2, 0.25) is 5.91 Å². The van der Waals surface area contributed by atoms with Crippen LogP contribution in [0.15, 0.2) is 12.2 Å². The van der Waals surface area contributed by atoms with Gasteiger partial charge in [0, 0.05) is 12.5 Å². The van der Waals surface area contributed by atoms with Gasteiger partial charge in [-0.05, 0) is 33.1 Å². The van der Waals surface area contributed by atoms with Gasteiger partial charge in [0.15, 0.2) is 6.10 Å². The number of carbonyl (C=O) groups excluding carboxylic acids is 4. The first kappa shape index (κ1) is 31.5. The molecule has 0 radical (unpaired) electrons. The zero-order chi connectivity index (χ0) is 27.3. The Labute approximate surface area is 211 Å². The van der Waals surface area contributed by atoms with Crippen molar-refractivity contribution in [2.45, 2.75) is 89.4 Å². The van der Waals surface area contributed by atoms with Crippen LogP contribution in [0.3, 0.4) is 0 Å². The van der Waals surface area contributed by atoms with Crippen LogP contribution in [0.4, 0.5) is 4.79 Å². The predicted octanol–water partition coefficient (Wildman–Crippen LogP) is -0.0278. The van der Waals surface area contributed by atoms with Crippen LogP contribution < -0.4 is 10.6 Å². The van der Waals surface area contributed by atoms with Crippen LogP contribution in [0.2, 0.25) is 0 Å². The first-order chi connectivity index (χ1) is 16.9. The highest BCUT2D eigenvalue weighted by Gasteiger charge is 2.37. The molecule has 0 bridgehead atoms. The Hall–Kier alpha value is -2.54. The molecule has 0 aliphatic carbocycles. The van der Waals surface area contributed by atoms with Crippen molar-refractivity contribution in [3.05, 3.63) is 12.2 Å². The minimum Gasteiger partial charge on any atom is -0.434 e. The first-order valence-corrected chi connectivity index (χ1v) is 12.1. The molecule has 1 saturated heterocycles. The van der Waals surface area contributed by atoms with Gasteiger partial charge in [0.25, 0.3) is 5.91 Å². The first-order valence-electron chi connectivity index (χ1n) is 12.1. The summed E-state index contributed by atoms with van der Waals surface area (Å²) in [5.74, 6) is -1.40. The van der Waals surface area contributed by atoms with E-state index in [-0.39, 0.29) is 26.0 Å². The third-order valence-electron chi connectivity index (χ3n) is 5.69. The summed E-state index contributed by atoms with van der Waals surface area (Å²) in [6.45, 7) is 5.48. The highest BCUT2D eigenvalue weighted by Crippen LogP contribution is 2.16. The number of amides is 2. The Bertz CT molecular complexity index is 757. The van der Waals surface area contributed by atoms with Gasteiger partial charge < -0.3 is 45.0 Å². The quantitative estimate of drug-likeness (QED) is 0.0910. The second-order valence-corrected chi connectivity index (χ2v) is 9.36. The number of hydrogen-bond donors (Lipinski definition) is 5. The number of carbonyl (C=O) groups is 4. The molecule has 1 heterocycles. The molecular formula is C24H40N2O10. The van der Waals surface area contributed by atoms with Crippen molar-refractivity contribution in [3.8, 4) is 0 Å². The highest BCUT2D eigenvalue weighted by molar-refractivity contribution is 5.89. The lowest BCUT2D eigenvalue weighted by molar-refractivity contribution is -0.150. The molecule has 0 aromatic heterocycles. The number of hydrogen-bond acceptors (Lipinski definition) is 10. The summed E-state index contributed by atoms with van der Waals surface area (Å²) in [5.41, 5.74) is -0.899. The average Bonchev–Trinajstić information content (AvgIpc) is 3.01. The Kier molecular flexibility index (Phi) is 13.6. The number of unbranched alkanes of at least 4 members (excludes halogenated alkanes) is 2. The van der Waals surface area contributed by atoms with E-state index in [1.165, 1.54) is 6.08 Å². The Morgan fingerprint density at radius 2 is 1.89 bits per heavy atom. The SMILES string of the molecule is CCCCCOC(=O)O[C@@H]1CC[C@H](NC(=O)[C@H](OC)[C@H](O)[C@@H](O)[C@H](O)/C=C/C(C)(C)C=O)C(=O)NC1. The van der Waals surface area contributed by atoms with Gasteiger partial charge in [-0.2, -0.15) is 0 Å². The van der Waals surface area contributed by atoms with Crippen LogP contribution in [-0.2, 0) is 28.6 Å². The number of aliphatic hydroxyl groups excluding tert-OH is 3. The van der Waals surface area contributed by atoms with Crippen molar-refractivity contribution < 1.29 is 48.7 Å². The maximum absolute atomic E-state index is 12.7. The second kappa shape index (κ2) is 15.5. The molecule has 0 unspecified atom stereocenters. The maximum Gasteiger partial charge on any atom is 0.508 e. The summed E-state index contributed by atoms with van der Waals surface area (Å²) in [6, 6.07) is -1.01. The molecule has 6 atom stereocenters. The van der Waals surface area contributed by atoms with Crippen LogP contribution in [0, 0.1) is 5.41 Å². The molecule has 1 rings (SSSR count). The van der Waals surface area contributed by atoms with Crippen molar-refractivity contribution in [1.82, 2.24) is 10.6 Å². The minimum atomic E-state index is -1.85. The lowest BCUT2D eigenvalue weighted by atomic mass is 9.93. The van der Waals surface area contributed by atoms with Crippen LogP contribution in [0.1, 0.15) is 52.9 Å². The highest BCUT2D eigenvalue weighted by atomic mass is 16.7. The zero-order valence-electron chi connectivity index (χ0n) is 21.3. The van der Waals surface area contributed by atoms with Gasteiger partial charge in [0.05, 0.1) is 13.2 Å². The number of aliphatic hydroxyl groups is 3. The van der Waals surface area contributed by atoms with E-state index in [0.717, 1.165) is 32.4 Å². The number of methoxy groups -OCH3 is 1. The molecule has 36 heavy (non-hydrogen) atoms. The van der Waals surface area contributed by atoms with E-state index < -0.39 is 59.9 Å². The molecule has 0 aromatic carbocycles. The smallest absolute Gasteiger partial charge is 0.434 e. The molecule has 0 aromatic rings. The van der Waals surface area contributed by atoms with Gasteiger partial charge in [0.1, 0.15) is 36.7 Å². The van der Waals surface area contributed by atoms with Gasteiger partial charge in [-0.1, -0.05) is 31.9 Å². The lowest BCUT2D eigenvalue weighted by Gasteiger charge is -2.28. The van der Waals surface area contributed by atoms with Crippen molar-refractivity contribution in [3.63, 3.8) is 0 Å². The van der Waals surface area contributed by atoms with Crippen LogP contribution >= 0.6 is 0 Å². The van der Waals surface area contributed by atoms with Crippen molar-refractivity contribution in [2.24, 2.45) is 5.41 Å². The maximum atomic E-state index is 12.7. The number of allylic oxidation sites excluding steroid dienone is 1. The van der Waals surface area contributed by atoms with E-state index >= 15 is 0 Å². The number of aldehydes is 1. The fourth-order valence-corrected chi connectivity index (χ4v) is 3.38. The third kappa shape index (κ3) is 10.6. The molecule has 5 N–H and O–H groups in total. The predicted molar refractivity (Wildman–Crippen MR) is 128 cm³/mol. The van der Waals surface area contributed by atoms with Crippen LogP contribution in [0.5, 0.6) is 0 Å². The van der Waals surface area contributed by atoms with E-state index in [4.69, 9.17) is 14.2 Å². The summed E-state index contributed by atoms with van der Waals surface area (Å²) in [5, 5.41) is 35.9. The van der Waals surface area contributed by atoms with Gasteiger partial charge >= 0.3 is 6.16 Å². The fraction of sp³-hybridized carbons (Fsp3) is 0.750. The lowest BCUT2D eigenvalue weighted by Crippen LogP contribution is -2.55. The topological polar surface area (TPSA) is 181 Å². The van der Waals surface area contributed by atoms with Crippen molar-refractivity contribution >= 4 is 24.3 Å². The van der Waals surface area contributed by atoms with Crippen LogP contribution in [0.25, 0.3) is 0 Å². The standard InChI is InChI=1S/C24H40N2O10/c1-5-6-7-12-35-23(33)36-15-8-9-16(21(31)25-13-15)26-22(32)20(34-4)19(30)18(29)17(28)10-11-24(2,3)14-27/h10-11,14-20,28-30H,5-9,12-13H2,1-4H3,(H,25,31)(H,26,32)/b11-10+/t15-,16+,17-,18+,19-,20-/m1/s1. The monoisotopic (exact) mass is 516 g/mol. The number of nitrogens with one attached hydrogen (secondary N) is 2. The van der Waals surface area contributed by atoms with E-state index in [1.54, 1.807) is 13.8 Å². The van der Waals surface area contributed by atoms with Gasteiger partial charge in [-0.25, -0.2) is 4.79 Å². The molecule has 0 saturated carbocycles. The third-order valence-corrected chi connectivity index (χ3v) is 5.69. The molecule has 0 spiro atoms. The van der Waals surface area contributed by atoms with E-state index in [9.17, 15) is 34.5 Å². The molecule has 1 fully saturated rings. The van der Waals surface area contributed by atoms with Crippen LogP contribution in [-0.4, -0.2) is 96.4 Å². The summed E-state index contributed by atoms with van der Waals surface area (Å²) in [6.07, 6.45) is -2.16. The van der Waals surface area contributed by atoms with Crippen molar-refractivity contribution in [2.75, 3.05) is 20.3 Å². The molecule has 1 aliphatic rings. The molecule has 206 valence electrons. The molecule has 12 heteroatoms. The summed E-state index contributed by atoms with van der Waals surface area (Å²) in [4.78, 5) is 48.0. The summed E-state index contributed by atoms with van der Waals surface area (Å²) < 4.78 is 15.3. The Morgan fingerprint density at radius 3 is 2.50 bits per heavy atom. The largest absolute Gasteiger partial charge is 0.508 e. The van der Waals surface area contributed by atoms with E-state index in [0.29, 0.717) is 6.29 Å². The normalized spacial score (nSPS) is 22.0. The summed E-state index contributed by atoms with van der Waals surface area (Å²) >= 11 is 0.